The maximum Gasteiger partial charge on any atom is 0.275 e. The lowest BCUT2D eigenvalue weighted by Crippen LogP contribution is -2.19. The SMILES string of the molecule is CC(C)Cn1[nH]c2cccc(C=O)c2c1=O. The number of hydrogen-bond acceptors (Lipinski definition) is 2. The molecule has 0 aliphatic rings. The highest BCUT2D eigenvalue weighted by molar-refractivity contribution is 5.95. The molecule has 2 aromatic rings. The maximum absolute atomic E-state index is 12.0. The van der Waals surface area contributed by atoms with Gasteiger partial charge in [0, 0.05) is 12.1 Å². The Labute approximate surface area is 92.9 Å². The van der Waals surface area contributed by atoms with Crippen molar-refractivity contribution in [2.45, 2.75) is 20.4 Å². The number of aldehydes is 1. The summed E-state index contributed by atoms with van der Waals surface area (Å²) in [5, 5.41) is 3.50. The molecule has 1 heterocycles. The zero-order valence-corrected chi connectivity index (χ0v) is 9.36. The quantitative estimate of drug-likeness (QED) is 0.798. The number of aromatic nitrogens is 2. The van der Waals surface area contributed by atoms with Gasteiger partial charge in [0.1, 0.15) is 0 Å². The third-order valence-electron chi connectivity index (χ3n) is 2.49. The Morgan fingerprint density at radius 3 is 2.81 bits per heavy atom. The van der Waals surface area contributed by atoms with Gasteiger partial charge in [-0.05, 0) is 12.0 Å². The lowest BCUT2D eigenvalue weighted by Gasteiger charge is -2.03. The molecule has 0 saturated heterocycles. The van der Waals surface area contributed by atoms with E-state index in [1.807, 2.05) is 13.8 Å². The highest BCUT2D eigenvalue weighted by Crippen LogP contribution is 2.12. The van der Waals surface area contributed by atoms with E-state index in [2.05, 4.69) is 5.10 Å². The van der Waals surface area contributed by atoms with Crippen LogP contribution in [0.4, 0.5) is 0 Å². The average molecular weight is 218 g/mol. The number of aromatic amines is 1. The van der Waals surface area contributed by atoms with Gasteiger partial charge in [-0.15, -0.1) is 0 Å². The fourth-order valence-corrected chi connectivity index (χ4v) is 1.83. The minimum Gasteiger partial charge on any atom is -0.298 e. The zero-order valence-electron chi connectivity index (χ0n) is 9.36. The Balaban J connectivity index is 2.69. The molecule has 4 heteroatoms. The molecule has 1 aromatic heterocycles. The molecule has 0 amide bonds. The van der Waals surface area contributed by atoms with Crippen LogP contribution in [0.15, 0.2) is 23.0 Å². The molecule has 0 atom stereocenters. The summed E-state index contributed by atoms with van der Waals surface area (Å²) in [7, 11) is 0. The molecule has 0 spiro atoms. The zero-order chi connectivity index (χ0) is 11.7. The van der Waals surface area contributed by atoms with E-state index < -0.39 is 0 Å². The number of benzene rings is 1. The van der Waals surface area contributed by atoms with Crippen LogP contribution in [0.2, 0.25) is 0 Å². The van der Waals surface area contributed by atoms with Crippen LogP contribution in [0, 0.1) is 5.92 Å². The van der Waals surface area contributed by atoms with Crippen molar-refractivity contribution in [2.24, 2.45) is 5.92 Å². The minimum atomic E-state index is -0.119. The molecule has 0 aliphatic heterocycles. The summed E-state index contributed by atoms with van der Waals surface area (Å²) in [5.74, 6) is 0.380. The van der Waals surface area contributed by atoms with Crippen LogP contribution in [0.3, 0.4) is 0 Å². The summed E-state index contributed by atoms with van der Waals surface area (Å²) >= 11 is 0. The van der Waals surface area contributed by atoms with Crippen LogP contribution in [0.1, 0.15) is 24.2 Å². The number of hydrogen-bond donors (Lipinski definition) is 1. The Hall–Kier alpha value is -1.84. The first-order valence-corrected chi connectivity index (χ1v) is 5.30. The van der Waals surface area contributed by atoms with Crippen LogP contribution in [0.5, 0.6) is 0 Å². The fourth-order valence-electron chi connectivity index (χ4n) is 1.83. The minimum absolute atomic E-state index is 0.119. The van der Waals surface area contributed by atoms with E-state index in [9.17, 15) is 9.59 Å². The molecule has 84 valence electrons. The third kappa shape index (κ3) is 1.66. The van der Waals surface area contributed by atoms with Crippen molar-refractivity contribution in [2.75, 3.05) is 0 Å². The molecule has 2 rings (SSSR count). The Morgan fingerprint density at radius 2 is 2.19 bits per heavy atom. The van der Waals surface area contributed by atoms with E-state index in [1.54, 1.807) is 22.9 Å². The van der Waals surface area contributed by atoms with E-state index in [-0.39, 0.29) is 5.56 Å². The van der Waals surface area contributed by atoms with Crippen molar-refractivity contribution in [1.29, 1.82) is 0 Å². The van der Waals surface area contributed by atoms with Gasteiger partial charge >= 0.3 is 0 Å². The lowest BCUT2D eigenvalue weighted by atomic mass is 10.1. The van der Waals surface area contributed by atoms with Gasteiger partial charge in [0.15, 0.2) is 6.29 Å². The number of carbonyl (C=O) groups is 1. The average Bonchev–Trinajstić information content (AvgIpc) is 2.55. The van der Waals surface area contributed by atoms with Crippen molar-refractivity contribution < 1.29 is 4.79 Å². The summed E-state index contributed by atoms with van der Waals surface area (Å²) in [6.45, 7) is 4.71. The van der Waals surface area contributed by atoms with Crippen LogP contribution in [-0.2, 0) is 6.54 Å². The van der Waals surface area contributed by atoms with E-state index in [0.29, 0.717) is 23.4 Å². The number of rotatable bonds is 3. The standard InChI is InChI=1S/C12H14N2O2/c1-8(2)6-14-12(16)11-9(7-15)4-3-5-10(11)13-14/h3-5,7-8,13H,6H2,1-2H3. The first-order valence-electron chi connectivity index (χ1n) is 5.30. The molecule has 0 bridgehead atoms. The molecular formula is C12H14N2O2. The van der Waals surface area contributed by atoms with Crippen LogP contribution >= 0.6 is 0 Å². The Morgan fingerprint density at radius 1 is 1.44 bits per heavy atom. The maximum atomic E-state index is 12.0. The lowest BCUT2D eigenvalue weighted by molar-refractivity contribution is 0.112. The van der Waals surface area contributed by atoms with Crippen molar-refractivity contribution in [3.05, 3.63) is 34.1 Å². The Bertz CT molecular complexity index is 578. The summed E-state index contributed by atoms with van der Waals surface area (Å²) < 4.78 is 1.56. The molecule has 4 nitrogen and oxygen atoms in total. The first-order chi connectivity index (χ1) is 7.63. The first kappa shape index (κ1) is 10.7. The van der Waals surface area contributed by atoms with Crippen molar-refractivity contribution in [1.82, 2.24) is 9.78 Å². The number of H-pyrrole nitrogens is 1. The summed E-state index contributed by atoms with van der Waals surface area (Å²) in [4.78, 5) is 22.9. The number of fused-ring (bicyclic) bond motifs is 1. The van der Waals surface area contributed by atoms with Gasteiger partial charge in [-0.25, -0.2) is 0 Å². The highest BCUT2D eigenvalue weighted by atomic mass is 16.1. The third-order valence-corrected chi connectivity index (χ3v) is 2.49. The van der Waals surface area contributed by atoms with Crippen LogP contribution in [0.25, 0.3) is 10.9 Å². The van der Waals surface area contributed by atoms with Gasteiger partial charge in [0.25, 0.3) is 5.56 Å². The number of carbonyl (C=O) groups excluding carboxylic acids is 1. The topological polar surface area (TPSA) is 54.9 Å². The molecule has 0 unspecified atom stereocenters. The second-order valence-electron chi connectivity index (χ2n) is 4.31. The van der Waals surface area contributed by atoms with Gasteiger partial charge in [0.2, 0.25) is 0 Å². The van der Waals surface area contributed by atoms with Crippen molar-refractivity contribution in [3.63, 3.8) is 0 Å². The Kier molecular flexibility index (Phi) is 2.64. The van der Waals surface area contributed by atoms with E-state index in [1.165, 1.54) is 0 Å². The molecule has 0 fully saturated rings. The normalized spacial score (nSPS) is 11.2. The smallest absolute Gasteiger partial charge is 0.275 e. The molecule has 0 aliphatic carbocycles. The van der Waals surface area contributed by atoms with E-state index >= 15 is 0 Å². The second-order valence-corrected chi connectivity index (χ2v) is 4.31. The summed E-state index contributed by atoms with van der Waals surface area (Å²) in [6.07, 6.45) is 0.720. The van der Waals surface area contributed by atoms with Gasteiger partial charge in [-0.3, -0.25) is 19.4 Å². The fraction of sp³-hybridized carbons (Fsp3) is 0.333. The molecule has 1 aromatic carbocycles. The number of nitrogens with zero attached hydrogens (tertiary/aromatic N) is 1. The van der Waals surface area contributed by atoms with E-state index in [0.717, 1.165) is 11.8 Å². The predicted molar refractivity (Wildman–Crippen MR) is 62.8 cm³/mol. The molecular weight excluding hydrogens is 204 g/mol. The van der Waals surface area contributed by atoms with Crippen LogP contribution in [-0.4, -0.2) is 16.1 Å². The highest BCUT2D eigenvalue weighted by Gasteiger charge is 2.10. The predicted octanol–water partition coefficient (Wildman–Crippen LogP) is 1.80. The largest absolute Gasteiger partial charge is 0.298 e. The molecule has 16 heavy (non-hydrogen) atoms. The van der Waals surface area contributed by atoms with Crippen molar-refractivity contribution >= 4 is 17.2 Å². The van der Waals surface area contributed by atoms with Gasteiger partial charge in [-0.1, -0.05) is 26.0 Å². The summed E-state index contributed by atoms with van der Waals surface area (Å²) in [6, 6.07) is 5.23. The van der Waals surface area contributed by atoms with Crippen LogP contribution < -0.4 is 5.56 Å². The second kappa shape index (κ2) is 3.96. The van der Waals surface area contributed by atoms with Gasteiger partial charge in [-0.2, -0.15) is 0 Å². The number of nitrogens with one attached hydrogen (secondary N) is 1. The van der Waals surface area contributed by atoms with E-state index in [4.69, 9.17) is 0 Å². The molecule has 0 radical (unpaired) electrons. The van der Waals surface area contributed by atoms with Crippen molar-refractivity contribution in [3.8, 4) is 0 Å². The van der Waals surface area contributed by atoms with Gasteiger partial charge < -0.3 is 0 Å². The monoisotopic (exact) mass is 218 g/mol. The molecule has 1 N–H and O–H groups in total. The van der Waals surface area contributed by atoms with Gasteiger partial charge in [0.05, 0.1) is 10.9 Å². The molecule has 0 saturated carbocycles. The summed E-state index contributed by atoms with van der Waals surface area (Å²) in [5.41, 5.74) is 1.04.